The van der Waals surface area contributed by atoms with Gasteiger partial charge in [0.15, 0.2) is 0 Å². The molecule has 0 aliphatic carbocycles. The molecule has 1 N–H and O–H groups in total. The summed E-state index contributed by atoms with van der Waals surface area (Å²) in [4.78, 5) is 11.7. The Kier molecular flexibility index (Phi) is 3.78. The van der Waals surface area contributed by atoms with Crippen LogP contribution in [-0.2, 0) is 9.53 Å². The van der Waals surface area contributed by atoms with Gasteiger partial charge in [-0.15, -0.1) is 11.6 Å². The first-order chi connectivity index (χ1) is 6.44. The molecule has 1 rings (SSSR count). The Morgan fingerprint density at radius 2 is 2.21 bits per heavy atom. The highest BCUT2D eigenvalue weighted by Gasteiger charge is 2.34. The van der Waals surface area contributed by atoms with Crippen LogP contribution in [0.15, 0.2) is 0 Å². The standard InChI is InChI=1S/C10H18ClNO2/c1-10(2,3)14-9(13)8-7(6-11)4-5-12-8/h7-8,12H,4-6H2,1-3H3/t7-,8?/m0/s1. The van der Waals surface area contributed by atoms with Gasteiger partial charge >= 0.3 is 5.97 Å². The van der Waals surface area contributed by atoms with Gasteiger partial charge in [-0.25, -0.2) is 0 Å². The number of esters is 1. The fourth-order valence-corrected chi connectivity index (χ4v) is 1.90. The summed E-state index contributed by atoms with van der Waals surface area (Å²) in [7, 11) is 0. The van der Waals surface area contributed by atoms with Crippen LogP contribution in [0.25, 0.3) is 0 Å². The molecule has 2 atom stereocenters. The first-order valence-corrected chi connectivity index (χ1v) is 5.49. The maximum Gasteiger partial charge on any atom is 0.323 e. The molecule has 0 radical (unpaired) electrons. The molecule has 0 aromatic carbocycles. The zero-order valence-electron chi connectivity index (χ0n) is 8.97. The fraction of sp³-hybridized carbons (Fsp3) is 0.900. The van der Waals surface area contributed by atoms with E-state index in [2.05, 4.69) is 5.32 Å². The van der Waals surface area contributed by atoms with E-state index < -0.39 is 5.60 Å². The third-order valence-corrected chi connectivity index (χ3v) is 2.61. The van der Waals surface area contributed by atoms with Crippen molar-refractivity contribution in [3.8, 4) is 0 Å². The molecule has 0 spiro atoms. The molecular formula is C10H18ClNO2. The minimum absolute atomic E-state index is 0.180. The van der Waals surface area contributed by atoms with Gasteiger partial charge in [0.25, 0.3) is 0 Å². The van der Waals surface area contributed by atoms with E-state index in [4.69, 9.17) is 16.3 Å². The number of rotatable bonds is 2. The predicted octanol–water partition coefficient (Wildman–Crippen LogP) is 1.54. The van der Waals surface area contributed by atoms with Crippen molar-refractivity contribution in [2.75, 3.05) is 12.4 Å². The first-order valence-electron chi connectivity index (χ1n) is 4.96. The van der Waals surface area contributed by atoms with Gasteiger partial charge in [-0.2, -0.15) is 0 Å². The summed E-state index contributed by atoms with van der Waals surface area (Å²) in [5, 5.41) is 3.12. The lowest BCUT2D eigenvalue weighted by Gasteiger charge is -2.24. The summed E-state index contributed by atoms with van der Waals surface area (Å²) in [6.45, 7) is 6.46. The van der Waals surface area contributed by atoms with E-state index in [0.717, 1.165) is 13.0 Å². The lowest BCUT2D eigenvalue weighted by molar-refractivity contribution is -0.157. The smallest absolute Gasteiger partial charge is 0.323 e. The van der Waals surface area contributed by atoms with E-state index >= 15 is 0 Å². The lowest BCUT2D eigenvalue weighted by Crippen LogP contribution is -2.41. The molecule has 0 aromatic heterocycles. The van der Waals surface area contributed by atoms with Crippen LogP contribution in [0.2, 0.25) is 0 Å². The van der Waals surface area contributed by atoms with Crippen LogP contribution in [0.5, 0.6) is 0 Å². The Morgan fingerprint density at radius 3 is 2.71 bits per heavy atom. The Labute approximate surface area is 90.1 Å². The molecule has 14 heavy (non-hydrogen) atoms. The van der Waals surface area contributed by atoms with Crippen molar-refractivity contribution in [2.45, 2.75) is 38.8 Å². The highest BCUT2D eigenvalue weighted by atomic mass is 35.5. The lowest BCUT2D eigenvalue weighted by atomic mass is 10.0. The Morgan fingerprint density at radius 1 is 1.57 bits per heavy atom. The molecule has 1 saturated heterocycles. The van der Waals surface area contributed by atoms with E-state index in [0.29, 0.717) is 5.88 Å². The van der Waals surface area contributed by atoms with Crippen LogP contribution in [-0.4, -0.2) is 30.0 Å². The number of hydrogen-bond acceptors (Lipinski definition) is 3. The molecule has 0 amide bonds. The van der Waals surface area contributed by atoms with Gasteiger partial charge < -0.3 is 10.1 Å². The van der Waals surface area contributed by atoms with E-state index in [1.165, 1.54) is 0 Å². The van der Waals surface area contributed by atoms with Crippen LogP contribution in [0.4, 0.5) is 0 Å². The zero-order chi connectivity index (χ0) is 10.8. The largest absolute Gasteiger partial charge is 0.459 e. The topological polar surface area (TPSA) is 38.3 Å². The van der Waals surface area contributed by atoms with Crippen molar-refractivity contribution in [3.63, 3.8) is 0 Å². The molecule has 3 nitrogen and oxygen atoms in total. The van der Waals surface area contributed by atoms with Crippen molar-refractivity contribution in [2.24, 2.45) is 5.92 Å². The number of alkyl halides is 1. The van der Waals surface area contributed by atoms with Crippen LogP contribution >= 0.6 is 11.6 Å². The monoisotopic (exact) mass is 219 g/mol. The summed E-state index contributed by atoms with van der Waals surface area (Å²) in [5.74, 6) is 0.545. The third kappa shape index (κ3) is 3.14. The molecule has 1 aliphatic rings. The first kappa shape index (κ1) is 11.8. The van der Waals surface area contributed by atoms with E-state index in [-0.39, 0.29) is 17.9 Å². The highest BCUT2D eigenvalue weighted by molar-refractivity contribution is 6.18. The number of hydrogen-bond donors (Lipinski definition) is 1. The molecular weight excluding hydrogens is 202 g/mol. The zero-order valence-corrected chi connectivity index (χ0v) is 9.73. The van der Waals surface area contributed by atoms with Crippen molar-refractivity contribution in [1.29, 1.82) is 0 Å². The van der Waals surface area contributed by atoms with Gasteiger partial charge in [-0.1, -0.05) is 0 Å². The minimum Gasteiger partial charge on any atom is -0.459 e. The number of halogens is 1. The maximum atomic E-state index is 11.7. The Hall–Kier alpha value is -0.280. The Balaban J connectivity index is 2.52. The van der Waals surface area contributed by atoms with E-state index in [1.54, 1.807) is 0 Å². The summed E-state index contributed by atoms with van der Waals surface area (Å²) >= 11 is 5.77. The molecule has 1 fully saturated rings. The molecule has 1 aliphatic heterocycles. The molecule has 1 unspecified atom stereocenters. The van der Waals surface area contributed by atoms with Gasteiger partial charge in [-0.3, -0.25) is 4.79 Å². The second-order valence-electron chi connectivity index (χ2n) is 4.67. The Bertz CT molecular complexity index is 213. The summed E-state index contributed by atoms with van der Waals surface area (Å²) < 4.78 is 5.29. The molecule has 82 valence electrons. The van der Waals surface area contributed by atoms with Gasteiger partial charge in [0, 0.05) is 5.88 Å². The van der Waals surface area contributed by atoms with Crippen LogP contribution in [0.1, 0.15) is 27.2 Å². The van der Waals surface area contributed by atoms with Gasteiger partial charge in [0.1, 0.15) is 11.6 Å². The summed E-state index contributed by atoms with van der Waals surface area (Å²) in [5.41, 5.74) is -0.418. The van der Waals surface area contributed by atoms with Crippen molar-refractivity contribution >= 4 is 17.6 Å². The van der Waals surface area contributed by atoms with Gasteiger partial charge in [0.05, 0.1) is 0 Å². The molecule has 0 saturated carbocycles. The molecule has 4 heteroatoms. The molecule has 0 aromatic rings. The minimum atomic E-state index is -0.418. The third-order valence-electron chi connectivity index (χ3n) is 2.21. The van der Waals surface area contributed by atoms with Gasteiger partial charge in [-0.05, 0) is 39.7 Å². The van der Waals surface area contributed by atoms with Crippen LogP contribution in [0, 0.1) is 5.92 Å². The second-order valence-corrected chi connectivity index (χ2v) is 4.98. The van der Waals surface area contributed by atoms with Crippen molar-refractivity contribution in [3.05, 3.63) is 0 Å². The maximum absolute atomic E-state index is 11.7. The highest BCUT2D eigenvalue weighted by Crippen LogP contribution is 2.20. The van der Waals surface area contributed by atoms with Crippen molar-refractivity contribution < 1.29 is 9.53 Å². The molecule has 0 bridgehead atoms. The number of carbonyl (C=O) groups is 1. The average molecular weight is 220 g/mol. The normalized spacial score (nSPS) is 27.7. The summed E-state index contributed by atoms with van der Waals surface area (Å²) in [6.07, 6.45) is 0.952. The van der Waals surface area contributed by atoms with Gasteiger partial charge in [0.2, 0.25) is 0 Å². The fourth-order valence-electron chi connectivity index (χ4n) is 1.56. The molecule has 1 heterocycles. The van der Waals surface area contributed by atoms with Crippen LogP contribution < -0.4 is 5.32 Å². The summed E-state index contributed by atoms with van der Waals surface area (Å²) in [6, 6.07) is -0.216. The number of carbonyl (C=O) groups excluding carboxylic acids is 1. The average Bonchev–Trinajstić information content (AvgIpc) is 2.47. The van der Waals surface area contributed by atoms with E-state index in [9.17, 15) is 4.79 Å². The van der Waals surface area contributed by atoms with E-state index in [1.807, 2.05) is 20.8 Å². The predicted molar refractivity (Wildman–Crippen MR) is 56.5 cm³/mol. The van der Waals surface area contributed by atoms with Crippen molar-refractivity contribution in [1.82, 2.24) is 5.32 Å². The van der Waals surface area contributed by atoms with Crippen LogP contribution in [0.3, 0.4) is 0 Å². The number of nitrogens with one attached hydrogen (secondary N) is 1. The second kappa shape index (κ2) is 4.49. The quantitative estimate of drug-likeness (QED) is 0.566. The number of ether oxygens (including phenoxy) is 1. The SMILES string of the molecule is CC(C)(C)OC(=O)C1NCC[C@H]1CCl.